The summed E-state index contributed by atoms with van der Waals surface area (Å²) < 4.78 is 11.5. The zero-order chi connectivity index (χ0) is 25.1. The molecule has 0 aliphatic carbocycles. The first kappa shape index (κ1) is 29.4. The number of aryl methyl sites for hydroxylation is 1. The Labute approximate surface area is 214 Å². The Balaban J connectivity index is 1.76. The van der Waals surface area contributed by atoms with Crippen molar-refractivity contribution in [3.8, 4) is 0 Å². The molecule has 1 aromatic rings. The molecule has 3 atom stereocenters. The molecule has 35 heavy (non-hydrogen) atoms. The Morgan fingerprint density at radius 3 is 2.09 bits per heavy atom. The fourth-order valence-corrected chi connectivity index (χ4v) is 5.01. The van der Waals surface area contributed by atoms with Crippen molar-refractivity contribution < 1.29 is 19.1 Å². The van der Waals surface area contributed by atoms with E-state index in [1.54, 1.807) is 0 Å². The molecule has 1 aliphatic heterocycles. The SMILES string of the molecule is CCCCCCCCCCC[C@@H](C[C@@H]1OC(=O)[C@H]1CCCCCC)OC(=O)CCc1ccccc1. The van der Waals surface area contributed by atoms with Crippen molar-refractivity contribution >= 4 is 11.9 Å². The van der Waals surface area contributed by atoms with Crippen molar-refractivity contribution in [2.24, 2.45) is 5.92 Å². The molecule has 1 aromatic carbocycles. The Kier molecular flexibility index (Phi) is 15.5. The van der Waals surface area contributed by atoms with Gasteiger partial charge >= 0.3 is 11.9 Å². The van der Waals surface area contributed by atoms with E-state index < -0.39 is 0 Å². The third kappa shape index (κ3) is 12.6. The van der Waals surface area contributed by atoms with Gasteiger partial charge in [-0.1, -0.05) is 121 Å². The molecule has 1 aliphatic rings. The van der Waals surface area contributed by atoms with Crippen molar-refractivity contribution in [3.63, 3.8) is 0 Å². The third-order valence-electron chi connectivity index (χ3n) is 7.27. The molecular formula is C31H50O4. The van der Waals surface area contributed by atoms with Gasteiger partial charge in [-0.3, -0.25) is 9.59 Å². The summed E-state index contributed by atoms with van der Waals surface area (Å²) in [6.07, 6.45) is 19.4. The minimum Gasteiger partial charge on any atom is -0.462 e. The first-order valence-corrected chi connectivity index (χ1v) is 14.6. The van der Waals surface area contributed by atoms with E-state index in [1.165, 1.54) is 70.6 Å². The van der Waals surface area contributed by atoms with Gasteiger partial charge in [-0.05, 0) is 31.2 Å². The molecule has 0 spiro atoms. The van der Waals surface area contributed by atoms with Crippen LogP contribution in [-0.4, -0.2) is 24.1 Å². The minimum absolute atomic E-state index is 0.0134. The maximum absolute atomic E-state index is 12.6. The largest absolute Gasteiger partial charge is 0.462 e. The van der Waals surface area contributed by atoms with E-state index in [-0.39, 0.29) is 30.1 Å². The van der Waals surface area contributed by atoms with Gasteiger partial charge in [-0.2, -0.15) is 0 Å². The van der Waals surface area contributed by atoms with Crippen LogP contribution < -0.4 is 0 Å². The molecule has 0 saturated carbocycles. The van der Waals surface area contributed by atoms with Crippen LogP contribution in [0.2, 0.25) is 0 Å². The van der Waals surface area contributed by atoms with E-state index in [9.17, 15) is 9.59 Å². The summed E-state index contributed by atoms with van der Waals surface area (Å²) in [5, 5.41) is 0. The van der Waals surface area contributed by atoms with E-state index in [1.807, 2.05) is 30.3 Å². The molecule has 0 unspecified atom stereocenters. The zero-order valence-corrected chi connectivity index (χ0v) is 22.5. The number of unbranched alkanes of at least 4 members (excludes halogenated alkanes) is 11. The summed E-state index contributed by atoms with van der Waals surface area (Å²) >= 11 is 0. The monoisotopic (exact) mass is 486 g/mol. The van der Waals surface area contributed by atoms with Crippen LogP contribution in [0.15, 0.2) is 30.3 Å². The van der Waals surface area contributed by atoms with Crippen LogP contribution in [0.25, 0.3) is 0 Å². The number of hydrogen-bond acceptors (Lipinski definition) is 4. The highest BCUT2D eigenvalue weighted by molar-refractivity contribution is 5.78. The number of rotatable bonds is 21. The lowest BCUT2D eigenvalue weighted by Crippen LogP contribution is -2.47. The molecule has 0 bridgehead atoms. The van der Waals surface area contributed by atoms with E-state index in [0.717, 1.165) is 31.2 Å². The number of esters is 2. The number of ether oxygens (including phenoxy) is 2. The number of hydrogen-bond donors (Lipinski definition) is 0. The molecule has 0 aromatic heterocycles. The summed E-state index contributed by atoms with van der Waals surface area (Å²) in [5.41, 5.74) is 1.15. The summed E-state index contributed by atoms with van der Waals surface area (Å²) in [5.74, 6) is -0.218. The molecular weight excluding hydrogens is 436 g/mol. The van der Waals surface area contributed by atoms with Crippen molar-refractivity contribution in [2.75, 3.05) is 0 Å². The van der Waals surface area contributed by atoms with Crippen LogP contribution in [0, 0.1) is 5.92 Å². The Bertz CT molecular complexity index is 686. The maximum atomic E-state index is 12.6. The van der Waals surface area contributed by atoms with Gasteiger partial charge < -0.3 is 9.47 Å². The van der Waals surface area contributed by atoms with E-state index in [0.29, 0.717) is 19.3 Å². The Morgan fingerprint density at radius 2 is 1.46 bits per heavy atom. The van der Waals surface area contributed by atoms with E-state index >= 15 is 0 Å². The summed E-state index contributed by atoms with van der Waals surface area (Å²) in [6.45, 7) is 4.45. The molecule has 0 radical (unpaired) electrons. The van der Waals surface area contributed by atoms with Gasteiger partial charge in [0.15, 0.2) is 0 Å². The van der Waals surface area contributed by atoms with Crippen molar-refractivity contribution in [3.05, 3.63) is 35.9 Å². The smallest absolute Gasteiger partial charge is 0.313 e. The van der Waals surface area contributed by atoms with E-state index in [2.05, 4.69) is 13.8 Å². The average molecular weight is 487 g/mol. The second-order valence-corrected chi connectivity index (χ2v) is 10.4. The topological polar surface area (TPSA) is 52.6 Å². The normalized spacial score (nSPS) is 18.1. The van der Waals surface area contributed by atoms with Crippen molar-refractivity contribution in [1.82, 2.24) is 0 Å². The molecule has 2 rings (SSSR count). The van der Waals surface area contributed by atoms with Crippen molar-refractivity contribution in [1.29, 1.82) is 0 Å². The lowest BCUT2D eigenvalue weighted by molar-refractivity contribution is -0.190. The van der Waals surface area contributed by atoms with Crippen LogP contribution in [-0.2, 0) is 25.5 Å². The zero-order valence-electron chi connectivity index (χ0n) is 22.5. The Morgan fingerprint density at radius 1 is 0.857 bits per heavy atom. The van der Waals surface area contributed by atoms with Gasteiger partial charge in [0.25, 0.3) is 0 Å². The fraction of sp³-hybridized carbons (Fsp3) is 0.742. The van der Waals surface area contributed by atoms with Crippen LogP contribution >= 0.6 is 0 Å². The highest BCUT2D eigenvalue weighted by Gasteiger charge is 2.43. The van der Waals surface area contributed by atoms with Gasteiger partial charge in [0.1, 0.15) is 12.2 Å². The number of cyclic esters (lactones) is 1. The van der Waals surface area contributed by atoms with Gasteiger partial charge in [0, 0.05) is 12.8 Å². The predicted molar refractivity (Wildman–Crippen MR) is 143 cm³/mol. The predicted octanol–water partition coefficient (Wildman–Crippen LogP) is 8.35. The second-order valence-electron chi connectivity index (χ2n) is 10.4. The maximum Gasteiger partial charge on any atom is 0.313 e. The Hall–Kier alpha value is -1.84. The van der Waals surface area contributed by atoms with E-state index in [4.69, 9.17) is 9.47 Å². The third-order valence-corrected chi connectivity index (χ3v) is 7.27. The van der Waals surface area contributed by atoms with Crippen LogP contribution in [0.1, 0.15) is 129 Å². The van der Waals surface area contributed by atoms with Crippen LogP contribution in [0.4, 0.5) is 0 Å². The quantitative estimate of drug-likeness (QED) is 0.129. The standard InChI is InChI=1S/C31H50O4/c1-3-5-7-9-10-11-12-13-17-21-27(34-30(32)24-23-26-19-15-14-16-20-26)25-29-28(31(33)35-29)22-18-8-6-4-2/h14-16,19-20,27-29H,3-13,17-18,21-25H2,1-2H3/t27-,28-,29-/m0/s1. The molecule has 1 heterocycles. The number of carbonyl (C=O) groups is 2. The molecule has 0 N–H and O–H groups in total. The van der Waals surface area contributed by atoms with Gasteiger partial charge in [-0.25, -0.2) is 0 Å². The summed E-state index contributed by atoms with van der Waals surface area (Å²) in [6, 6.07) is 10.1. The lowest BCUT2D eigenvalue weighted by atomic mass is 9.86. The fourth-order valence-electron chi connectivity index (χ4n) is 5.01. The molecule has 1 fully saturated rings. The molecule has 4 heteroatoms. The van der Waals surface area contributed by atoms with Crippen LogP contribution in [0.5, 0.6) is 0 Å². The van der Waals surface area contributed by atoms with Crippen molar-refractivity contribution in [2.45, 2.75) is 142 Å². The first-order valence-electron chi connectivity index (χ1n) is 14.6. The highest BCUT2D eigenvalue weighted by Crippen LogP contribution is 2.32. The molecule has 0 amide bonds. The summed E-state index contributed by atoms with van der Waals surface area (Å²) in [7, 11) is 0. The van der Waals surface area contributed by atoms with Crippen LogP contribution in [0.3, 0.4) is 0 Å². The molecule has 4 nitrogen and oxygen atoms in total. The summed E-state index contributed by atoms with van der Waals surface area (Å²) in [4.78, 5) is 24.7. The number of carbonyl (C=O) groups excluding carboxylic acids is 2. The first-order chi connectivity index (χ1) is 17.1. The second kappa shape index (κ2) is 18.4. The average Bonchev–Trinajstić information content (AvgIpc) is 2.86. The minimum atomic E-state index is -0.154. The number of benzene rings is 1. The van der Waals surface area contributed by atoms with Gasteiger partial charge in [-0.15, -0.1) is 0 Å². The lowest BCUT2D eigenvalue weighted by Gasteiger charge is -2.37. The van der Waals surface area contributed by atoms with Gasteiger partial charge in [0.05, 0.1) is 5.92 Å². The molecule has 198 valence electrons. The van der Waals surface area contributed by atoms with Gasteiger partial charge in [0.2, 0.25) is 0 Å². The molecule has 1 saturated heterocycles. The highest BCUT2D eigenvalue weighted by atomic mass is 16.6.